The highest BCUT2D eigenvalue weighted by Gasteiger charge is 2.28. The fourth-order valence-electron chi connectivity index (χ4n) is 1.62. The molecule has 0 aromatic heterocycles. The Morgan fingerprint density at radius 2 is 1.86 bits per heavy atom. The highest BCUT2D eigenvalue weighted by molar-refractivity contribution is 6.34. The topological polar surface area (TPSA) is 75.4 Å². The maximum Gasteiger partial charge on any atom is 0.253 e. The molecule has 0 saturated carbocycles. The lowest BCUT2D eigenvalue weighted by Crippen LogP contribution is -2.45. The summed E-state index contributed by atoms with van der Waals surface area (Å²) >= 11 is 6.06. The second-order valence-electron chi connectivity index (χ2n) is 6.23. The second-order valence-corrected chi connectivity index (χ2v) is 6.63. The van der Waals surface area contributed by atoms with Crippen molar-refractivity contribution >= 4 is 29.1 Å². The SMILES string of the molecule is CN(C)C(=O)c1ccc(Cl)c(NC(=O)[C@H](N)C(C)(C)C)c1. The van der Waals surface area contributed by atoms with Crippen molar-refractivity contribution in [1.29, 1.82) is 0 Å². The van der Waals surface area contributed by atoms with E-state index >= 15 is 0 Å². The van der Waals surface area contributed by atoms with Crippen molar-refractivity contribution in [3.63, 3.8) is 0 Å². The normalized spacial score (nSPS) is 12.7. The molecule has 0 saturated heterocycles. The van der Waals surface area contributed by atoms with Crippen LogP contribution < -0.4 is 11.1 Å². The predicted molar refractivity (Wildman–Crippen MR) is 85.5 cm³/mol. The largest absolute Gasteiger partial charge is 0.345 e. The number of hydrogen-bond donors (Lipinski definition) is 2. The van der Waals surface area contributed by atoms with Crippen LogP contribution in [0.1, 0.15) is 31.1 Å². The summed E-state index contributed by atoms with van der Waals surface area (Å²) in [6.45, 7) is 5.64. The van der Waals surface area contributed by atoms with Gasteiger partial charge in [-0.1, -0.05) is 32.4 Å². The summed E-state index contributed by atoms with van der Waals surface area (Å²) in [5.41, 5.74) is 6.37. The van der Waals surface area contributed by atoms with Gasteiger partial charge in [0, 0.05) is 19.7 Å². The van der Waals surface area contributed by atoms with Crippen LogP contribution in [0.5, 0.6) is 0 Å². The van der Waals surface area contributed by atoms with Gasteiger partial charge in [-0.2, -0.15) is 0 Å². The molecule has 2 amide bonds. The van der Waals surface area contributed by atoms with Gasteiger partial charge in [0.25, 0.3) is 5.91 Å². The summed E-state index contributed by atoms with van der Waals surface area (Å²) in [6.07, 6.45) is 0. The van der Waals surface area contributed by atoms with Crippen LogP contribution in [0.15, 0.2) is 18.2 Å². The van der Waals surface area contributed by atoms with E-state index in [1.54, 1.807) is 32.3 Å². The first kappa shape index (κ1) is 17.5. The summed E-state index contributed by atoms with van der Waals surface area (Å²) < 4.78 is 0. The van der Waals surface area contributed by atoms with Crippen molar-refractivity contribution in [3.8, 4) is 0 Å². The molecule has 1 rings (SSSR count). The summed E-state index contributed by atoms with van der Waals surface area (Å²) in [6, 6.07) is 4.07. The molecular formula is C15H22ClN3O2. The number of hydrogen-bond acceptors (Lipinski definition) is 3. The molecule has 3 N–H and O–H groups in total. The lowest BCUT2D eigenvalue weighted by atomic mass is 9.87. The van der Waals surface area contributed by atoms with Crippen molar-refractivity contribution in [1.82, 2.24) is 4.90 Å². The number of nitrogens with one attached hydrogen (secondary N) is 1. The molecule has 1 atom stereocenters. The standard InChI is InChI=1S/C15H22ClN3O2/c1-15(2,3)12(17)13(20)18-11-8-9(6-7-10(11)16)14(21)19(4)5/h6-8,12H,17H2,1-5H3,(H,18,20)/t12-/m0/s1. The second kappa shape index (κ2) is 6.45. The zero-order valence-corrected chi connectivity index (χ0v) is 13.8. The van der Waals surface area contributed by atoms with Gasteiger partial charge < -0.3 is 16.0 Å². The number of anilines is 1. The lowest BCUT2D eigenvalue weighted by molar-refractivity contribution is -0.119. The van der Waals surface area contributed by atoms with Gasteiger partial charge in [-0.3, -0.25) is 9.59 Å². The highest BCUT2D eigenvalue weighted by atomic mass is 35.5. The third-order valence-corrected chi connectivity index (χ3v) is 3.42. The van der Waals surface area contributed by atoms with Crippen molar-refractivity contribution < 1.29 is 9.59 Å². The van der Waals surface area contributed by atoms with Gasteiger partial charge >= 0.3 is 0 Å². The van der Waals surface area contributed by atoms with E-state index < -0.39 is 6.04 Å². The van der Waals surface area contributed by atoms with E-state index in [9.17, 15) is 9.59 Å². The molecule has 0 heterocycles. The maximum atomic E-state index is 12.1. The molecule has 0 radical (unpaired) electrons. The number of rotatable bonds is 3. The van der Waals surface area contributed by atoms with Gasteiger partial charge in [0.2, 0.25) is 5.91 Å². The minimum atomic E-state index is -0.679. The molecule has 1 aromatic rings. The minimum absolute atomic E-state index is 0.165. The van der Waals surface area contributed by atoms with Gasteiger partial charge in [-0.05, 0) is 23.6 Å². The molecule has 0 fully saturated rings. The van der Waals surface area contributed by atoms with E-state index in [1.165, 1.54) is 4.90 Å². The Bertz CT molecular complexity index is 550. The number of halogens is 1. The van der Waals surface area contributed by atoms with Crippen molar-refractivity contribution in [2.75, 3.05) is 19.4 Å². The Kier molecular flexibility index (Phi) is 5.36. The van der Waals surface area contributed by atoms with Crippen LogP contribution in [0.4, 0.5) is 5.69 Å². The van der Waals surface area contributed by atoms with Crippen LogP contribution in [-0.2, 0) is 4.79 Å². The summed E-state index contributed by atoms with van der Waals surface area (Å²) in [4.78, 5) is 25.5. The molecule has 0 unspecified atom stereocenters. The number of carbonyl (C=O) groups is 2. The number of amides is 2. The highest BCUT2D eigenvalue weighted by Crippen LogP contribution is 2.25. The van der Waals surface area contributed by atoms with Crippen molar-refractivity contribution in [2.45, 2.75) is 26.8 Å². The van der Waals surface area contributed by atoms with Gasteiger partial charge in [-0.25, -0.2) is 0 Å². The number of carbonyl (C=O) groups excluding carboxylic acids is 2. The first-order chi connectivity index (χ1) is 9.54. The average molecular weight is 312 g/mol. The van der Waals surface area contributed by atoms with E-state index in [-0.39, 0.29) is 17.2 Å². The summed E-state index contributed by atoms with van der Waals surface area (Å²) in [5, 5.41) is 3.04. The fourth-order valence-corrected chi connectivity index (χ4v) is 1.78. The van der Waals surface area contributed by atoms with Crippen molar-refractivity contribution in [3.05, 3.63) is 28.8 Å². The smallest absolute Gasteiger partial charge is 0.253 e. The van der Waals surface area contributed by atoms with Gasteiger partial charge in [-0.15, -0.1) is 0 Å². The molecule has 6 heteroatoms. The fraction of sp³-hybridized carbons (Fsp3) is 0.467. The maximum absolute atomic E-state index is 12.1. The molecule has 0 spiro atoms. The zero-order valence-electron chi connectivity index (χ0n) is 13.0. The minimum Gasteiger partial charge on any atom is -0.345 e. The van der Waals surface area contributed by atoms with Crippen LogP contribution in [-0.4, -0.2) is 36.9 Å². The molecule has 0 aliphatic carbocycles. The third kappa shape index (κ3) is 4.44. The van der Waals surface area contributed by atoms with E-state index in [0.29, 0.717) is 16.3 Å². The molecule has 0 bridgehead atoms. The molecular weight excluding hydrogens is 290 g/mol. The number of nitrogens with two attached hydrogens (primary N) is 1. The van der Waals surface area contributed by atoms with E-state index in [0.717, 1.165) is 0 Å². The van der Waals surface area contributed by atoms with Gasteiger partial charge in [0.15, 0.2) is 0 Å². The Hall–Kier alpha value is -1.59. The van der Waals surface area contributed by atoms with Gasteiger partial charge in [0.1, 0.15) is 0 Å². The first-order valence-corrected chi connectivity index (χ1v) is 6.99. The van der Waals surface area contributed by atoms with Crippen LogP contribution in [0.2, 0.25) is 5.02 Å². The Morgan fingerprint density at radius 3 is 2.33 bits per heavy atom. The Morgan fingerprint density at radius 1 is 1.29 bits per heavy atom. The summed E-state index contributed by atoms with van der Waals surface area (Å²) in [5.74, 6) is -0.499. The molecule has 0 aliphatic heterocycles. The van der Waals surface area contributed by atoms with Crippen LogP contribution in [0, 0.1) is 5.41 Å². The van der Waals surface area contributed by atoms with E-state index in [4.69, 9.17) is 17.3 Å². The van der Waals surface area contributed by atoms with Crippen LogP contribution >= 0.6 is 11.6 Å². The van der Waals surface area contributed by atoms with Crippen molar-refractivity contribution in [2.24, 2.45) is 11.1 Å². The lowest BCUT2D eigenvalue weighted by Gasteiger charge is -2.26. The van der Waals surface area contributed by atoms with Crippen LogP contribution in [0.25, 0.3) is 0 Å². The molecule has 116 valence electrons. The monoisotopic (exact) mass is 311 g/mol. The Labute approximate surface area is 130 Å². The van der Waals surface area contributed by atoms with Gasteiger partial charge in [0.05, 0.1) is 16.8 Å². The average Bonchev–Trinajstić information content (AvgIpc) is 2.38. The molecule has 21 heavy (non-hydrogen) atoms. The van der Waals surface area contributed by atoms with Crippen LogP contribution in [0.3, 0.4) is 0 Å². The van der Waals surface area contributed by atoms with E-state index in [1.807, 2.05) is 20.8 Å². The number of benzene rings is 1. The molecule has 0 aliphatic rings. The quantitative estimate of drug-likeness (QED) is 0.899. The third-order valence-electron chi connectivity index (χ3n) is 3.09. The number of nitrogens with zero attached hydrogens (tertiary/aromatic N) is 1. The molecule has 1 aromatic carbocycles. The zero-order chi connectivity index (χ0) is 16.4. The molecule has 5 nitrogen and oxygen atoms in total. The summed E-state index contributed by atoms with van der Waals surface area (Å²) in [7, 11) is 3.31. The van der Waals surface area contributed by atoms with E-state index in [2.05, 4.69) is 5.32 Å². The first-order valence-electron chi connectivity index (χ1n) is 6.61. The predicted octanol–water partition coefficient (Wildman–Crippen LogP) is 2.35. The Balaban J connectivity index is 3.01.